The van der Waals surface area contributed by atoms with Gasteiger partial charge in [-0.2, -0.15) is 0 Å². The van der Waals surface area contributed by atoms with Crippen molar-refractivity contribution in [2.24, 2.45) is 0 Å². The smallest absolute Gasteiger partial charge is 0.0540 e. The van der Waals surface area contributed by atoms with E-state index in [2.05, 4.69) is 219 Å². The fourth-order valence-corrected chi connectivity index (χ4v) is 6.20. The summed E-state index contributed by atoms with van der Waals surface area (Å²) in [5.41, 5.74) is 10.5. The molecule has 2 nitrogen and oxygen atoms in total. The number of rotatable bonds is 8. The summed E-state index contributed by atoms with van der Waals surface area (Å²) < 4.78 is 0. The molecular weight excluding hydrogens is 581 g/mol. The van der Waals surface area contributed by atoms with E-state index in [1.807, 2.05) is 0 Å². The first-order chi connectivity index (χ1) is 23.4. The number of benzene rings is 7. The lowest BCUT2D eigenvalue weighted by Gasteiger charge is -2.28. The highest BCUT2D eigenvalue weighted by Crippen LogP contribution is 2.40. The predicted octanol–water partition coefficient (Wildman–Crippen LogP) is 13.2. The summed E-state index contributed by atoms with van der Waals surface area (Å²) >= 11 is 0. The van der Waals surface area contributed by atoms with Crippen LogP contribution >= 0.6 is 0 Å². The Morgan fingerprint density at radius 3 is 1.31 bits per heavy atom. The Labute approximate surface area is 284 Å². The third kappa shape index (κ3) is 6.65. The number of hydrogen-bond donors (Lipinski definition) is 0. The van der Waals surface area contributed by atoms with E-state index in [4.69, 9.17) is 0 Å². The lowest BCUT2D eigenvalue weighted by atomic mass is 9.87. The van der Waals surface area contributed by atoms with Gasteiger partial charge in [0.05, 0.1) is 5.69 Å². The van der Waals surface area contributed by atoms with Gasteiger partial charge < -0.3 is 9.80 Å². The summed E-state index contributed by atoms with van der Waals surface area (Å²) in [7, 11) is 0. The Morgan fingerprint density at radius 1 is 0.375 bits per heavy atom. The van der Waals surface area contributed by atoms with Gasteiger partial charge in [0.15, 0.2) is 0 Å². The number of nitrogens with zero attached hydrogens (tertiary/aromatic N) is 2. The van der Waals surface area contributed by atoms with E-state index in [-0.39, 0.29) is 5.41 Å². The van der Waals surface area contributed by atoms with Crippen molar-refractivity contribution >= 4 is 57.0 Å². The summed E-state index contributed by atoms with van der Waals surface area (Å²) in [5, 5.41) is 2.46. The highest BCUT2D eigenvalue weighted by atomic mass is 15.1. The van der Waals surface area contributed by atoms with Gasteiger partial charge in [-0.05, 0) is 94.2 Å². The molecule has 0 fully saturated rings. The Kier molecular flexibility index (Phi) is 8.64. The van der Waals surface area contributed by atoms with Crippen LogP contribution in [0.15, 0.2) is 176 Å². The monoisotopic (exact) mass is 620 g/mol. The zero-order valence-corrected chi connectivity index (χ0v) is 27.8. The van der Waals surface area contributed by atoms with Crippen molar-refractivity contribution in [2.45, 2.75) is 26.2 Å². The Morgan fingerprint density at radius 2 is 0.792 bits per heavy atom. The molecule has 0 saturated heterocycles. The predicted molar refractivity (Wildman–Crippen MR) is 207 cm³/mol. The van der Waals surface area contributed by atoms with Gasteiger partial charge in [-0.3, -0.25) is 0 Å². The van der Waals surface area contributed by atoms with Gasteiger partial charge in [-0.1, -0.05) is 142 Å². The minimum Gasteiger partial charge on any atom is -0.311 e. The molecule has 0 bridgehead atoms. The molecule has 234 valence electrons. The molecule has 48 heavy (non-hydrogen) atoms. The first-order valence-electron chi connectivity index (χ1n) is 16.6. The molecule has 7 aromatic carbocycles. The molecule has 0 aliphatic rings. The Balaban J connectivity index is 1.17. The fourth-order valence-electron chi connectivity index (χ4n) is 6.20. The molecule has 0 aromatic heterocycles. The lowest BCUT2D eigenvalue weighted by Crippen LogP contribution is -2.13. The van der Waals surface area contributed by atoms with Gasteiger partial charge in [0.25, 0.3) is 0 Å². The summed E-state index contributed by atoms with van der Waals surface area (Å²) in [6.45, 7) is 6.78. The standard InChI is InChI=1S/C46H40N2/c1-46(2,3)38-27-33-43(34-28-38)48(45-20-12-14-37-13-10-11-19-44(37)45)42-31-25-36(26-32-42)22-21-35-23-29-41(30-24-35)47(39-15-6-4-7-16-39)40-17-8-5-9-18-40/h4-34H,1-3H3. The second-order valence-corrected chi connectivity index (χ2v) is 13.2. The largest absolute Gasteiger partial charge is 0.311 e. The molecule has 0 amide bonds. The van der Waals surface area contributed by atoms with E-state index in [1.165, 1.54) is 22.0 Å². The van der Waals surface area contributed by atoms with Crippen LogP contribution in [0, 0.1) is 0 Å². The van der Waals surface area contributed by atoms with Crippen molar-refractivity contribution in [3.05, 3.63) is 193 Å². The Bertz CT molecular complexity index is 2080. The fraction of sp³-hybridized carbons (Fsp3) is 0.0870. The zero-order valence-electron chi connectivity index (χ0n) is 27.8. The molecule has 7 aromatic rings. The number of anilines is 6. The van der Waals surface area contributed by atoms with Crippen LogP contribution in [0.4, 0.5) is 34.1 Å². The van der Waals surface area contributed by atoms with Crippen LogP contribution in [-0.2, 0) is 5.41 Å². The van der Waals surface area contributed by atoms with E-state index in [1.54, 1.807) is 0 Å². The topological polar surface area (TPSA) is 6.48 Å². The van der Waals surface area contributed by atoms with Crippen molar-refractivity contribution in [1.29, 1.82) is 0 Å². The van der Waals surface area contributed by atoms with E-state index in [9.17, 15) is 0 Å². The molecule has 0 unspecified atom stereocenters. The highest BCUT2D eigenvalue weighted by Gasteiger charge is 2.18. The summed E-state index contributed by atoms with van der Waals surface area (Å²) in [6, 6.07) is 62.8. The van der Waals surface area contributed by atoms with Gasteiger partial charge in [0.1, 0.15) is 0 Å². The second-order valence-electron chi connectivity index (χ2n) is 13.2. The molecule has 2 heteroatoms. The highest BCUT2D eigenvalue weighted by molar-refractivity contribution is 5.99. The zero-order chi connectivity index (χ0) is 32.9. The molecule has 0 atom stereocenters. The first-order valence-corrected chi connectivity index (χ1v) is 16.6. The summed E-state index contributed by atoms with van der Waals surface area (Å²) in [5.74, 6) is 0. The minimum atomic E-state index is 0.0975. The molecule has 0 aliphatic heterocycles. The number of hydrogen-bond acceptors (Lipinski definition) is 2. The van der Waals surface area contributed by atoms with Gasteiger partial charge >= 0.3 is 0 Å². The van der Waals surface area contributed by atoms with Crippen LogP contribution in [0.3, 0.4) is 0 Å². The third-order valence-corrected chi connectivity index (χ3v) is 8.80. The van der Waals surface area contributed by atoms with Crippen LogP contribution in [0.2, 0.25) is 0 Å². The average Bonchev–Trinajstić information content (AvgIpc) is 3.13. The van der Waals surface area contributed by atoms with Gasteiger partial charge in [-0.25, -0.2) is 0 Å². The quantitative estimate of drug-likeness (QED) is 0.156. The van der Waals surface area contributed by atoms with Crippen LogP contribution < -0.4 is 9.80 Å². The molecular formula is C46H40N2. The van der Waals surface area contributed by atoms with Gasteiger partial charge in [-0.15, -0.1) is 0 Å². The normalized spacial score (nSPS) is 11.6. The third-order valence-electron chi connectivity index (χ3n) is 8.80. The molecule has 0 aliphatic carbocycles. The SMILES string of the molecule is CC(C)(C)c1ccc(N(c2ccc(C=Cc3ccc(N(c4ccccc4)c4ccccc4)cc3)cc2)c2cccc3ccccc23)cc1. The maximum atomic E-state index is 2.37. The van der Waals surface area contributed by atoms with E-state index in [0.717, 1.165) is 39.6 Å². The van der Waals surface area contributed by atoms with Crippen molar-refractivity contribution in [3.8, 4) is 0 Å². The summed E-state index contributed by atoms with van der Waals surface area (Å²) in [6.07, 6.45) is 4.37. The number of fused-ring (bicyclic) bond motifs is 1. The van der Waals surface area contributed by atoms with E-state index < -0.39 is 0 Å². The maximum Gasteiger partial charge on any atom is 0.0540 e. The molecule has 0 radical (unpaired) electrons. The second kappa shape index (κ2) is 13.5. The van der Waals surface area contributed by atoms with Crippen LogP contribution in [0.5, 0.6) is 0 Å². The van der Waals surface area contributed by atoms with E-state index in [0.29, 0.717) is 0 Å². The van der Waals surface area contributed by atoms with E-state index >= 15 is 0 Å². The van der Waals surface area contributed by atoms with Crippen molar-refractivity contribution < 1.29 is 0 Å². The Hall–Kier alpha value is -5.86. The minimum absolute atomic E-state index is 0.0975. The van der Waals surface area contributed by atoms with Crippen molar-refractivity contribution in [2.75, 3.05) is 9.80 Å². The van der Waals surface area contributed by atoms with Gasteiger partial charge in [0, 0.05) is 33.8 Å². The first kappa shape index (κ1) is 30.8. The molecule has 0 heterocycles. The van der Waals surface area contributed by atoms with Crippen molar-refractivity contribution in [1.82, 2.24) is 0 Å². The summed E-state index contributed by atoms with van der Waals surface area (Å²) in [4.78, 5) is 4.65. The van der Waals surface area contributed by atoms with Crippen molar-refractivity contribution in [3.63, 3.8) is 0 Å². The molecule has 0 spiro atoms. The molecule has 0 saturated carbocycles. The lowest BCUT2D eigenvalue weighted by molar-refractivity contribution is 0.590. The van der Waals surface area contributed by atoms with Crippen LogP contribution in [-0.4, -0.2) is 0 Å². The molecule has 7 rings (SSSR count). The van der Waals surface area contributed by atoms with Gasteiger partial charge in [0.2, 0.25) is 0 Å². The number of para-hydroxylation sites is 2. The van der Waals surface area contributed by atoms with Crippen LogP contribution in [0.1, 0.15) is 37.5 Å². The maximum absolute atomic E-state index is 2.37. The average molecular weight is 621 g/mol. The molecule has 0 N–H and O–H groups in total. The van der Waals surface area contributed by atoms with Crippen LogP contribution in [0.25, 0.3) is 22.9 Å².